The van der Waals surface area contributed by atoms with Crippen LogP contribution in [0.4, 0.5) is 22.4 Å². The molecule has 3 heterocycles. The van der Waals surface area contributed by atoms with Gasteiger partial charge in [0.25, 0.3) is 5.91 Å². The minimum atomic E-state index is -4.94. The maximum Gasteiger partial charge on any atom is 0.427 e. The number of carbonyl (C=O) groups excluding carboxylic acids is 4. The van der Waals surface area contributed by atoms with Crippen LogP contribution in [0, 0.1) is 17.8 Å². The van der Waals surface area contributed by atoms with Crippen molar-refractivity contribution in [2.45, 2.75) is 113 Å². The van der Waals surface area contributed by atoms with E-state index in [0.717, 1.165) is 4.90 Å². The number of amides is 4. The van der Waals surface area contributed by atoms with E-state index >= 15 is 0 Å². The smallest absolute Gasteiger partial charge is 0.427 e. The van der Waals surface area contributed by atoms with Crippen LogP contribution in [-0.2, 0) is 29.1 Å². The summed E-state index contributed by atoms with van der Waals surface area (Å²) in [5, 5.41) is 14.3. The molecule has 4 amide bonds. The Balaban J connectivity index is 1.36. The summed E-state index contributed by atoms with van der Waals surface area (Å²) >= 11 is 0. The van der Waals surface area contributed by atoms with Gasteiger partial charge in [0.2, 0.25) is 39.2 Å². The summed E-state index contributed by atoms with van der Waals surface area (Å²) in [7, 11) is -3.05. The first-order valence-electron chi connectivity index (χ1n) is 19.1. The molecule has 15 nitrogen and oxygen atoms in total. The number of aromatic nitrogens is 2. The van der Waals surface area contributed by atoms with Gasteiger partial charge in [0.15, 0.2) is 0 Å². The highest BCUT2D eigenvalue weighted by Gasteiger charge is 2.64. The number of nitrogens with one attached hydrogen (secondary N) is 3. The van der Waals surface area contributed by atoms with Gasteiger partial charge in [0, 0.05) is 12.3 Å². The number of halogens is 4. The number of nitrogens with zero attached hydrogens (tertiary/aromatic N) is 3. The number of carbonyl (C=O) groups is 4. The van der Waals surface area contributed by atoms with E-state index in [1.54, 1.807) is 43.3 Å². The predicted octanol–water partition coefficient (Wildman–Crippen LogP) is 4.26. The summed E-state index contributed by atoms with van der Waals surface area (Å²) in [5.41, 5.74) is -4.69. The van der Waals surface area contributed by atoms with E-state index in [-0.39, 0.29) is 49.9 Å². The fourth-order valence-electron chi connectivity index (χ4n) is 7.65. The summed E-state index contributed by atoms with van der Waals surface area (Å²) in [5.74, 6) is -3.90. The number of hydrogen-bond acceptors (Lipinski definition) is 11. The van der Waals surface area contributed by atoms with Crippen molar-refractivity contribution in [1.29, 1.82) is 0 Å². The van der Waals surface area contributed by atoms with Crippen LogP contribution >= 0.6 is 0 Å². The Kier molecular flexibility index (Phi) is 11.7. The number of sulfonamides is 1. The van der Waals surface area contributed by atoms with Crippen molar-refractivity contribution in [2.24, 2.45) is 17.8 Å². The monoisotopic (exact) mass is 840 g/mol. The van der Waals surface area contributed by atoms with E-state index in [2.05, 4.69) is 20.8 Å². The lowest BCUT2D eigenvalue weighted by Crippen LogP contribution is -2.60. The van der Waals surface area contributed by atoms with Gasteiger partial charge in [-0.3, -0.25) is 19.1 Å². The van der Waals surface area contributed by atoms with E-state index in [9.17, 15) is 45.2 Å². The van der Waals surface area contributed by atoms with E-state index in [1.165, 1.54) is 7.11 Å². The molecular formula is C38H48F4N6O9S. The van der Waals surface area contributed by atoms with Crippen LogP contribution in [0.15, 0.2) is 36.4 Å². The van der Waals surface area contributed by atoms with Crippen molar-refractivity contribution >= 4 is 44.6 Å². The van der Waals surface area contributed by atoms with Gasteiger partial charge in [0.1, 0.15) is 35.1 Å². The van der Waals surface area contributed by atoms with Crippen molar-refractivity contribution in [3.05, 3.63) is 36.4 Å². The Morgan fingerprint density at radius 3 is 2.33 bits per heavy atom. The largest absolute Gasteiger partial charge is 0.479 e. The lowest BCUT2D eigenvalue weighted by molar-refractivity contribution is -0.244. The normalized spacial score (nSPS) is 28.9. The second-order valence-corrected chi connectivity index (χ2v) is 18.5. The molecule has 7 atom stereocenters. The van der Waals surface area contributed by atoms with Crippen LogP contribution in [0.1, 0.15) is 72.6 Å². The first kappa shape index (κ1) is 42.8. The molecule has 1 aromatic heterocycles. The van der Waals surface area contributed by atoms with Gasteiger partial charge in [-0.2, -0.15) is 13.2 Å². The van der Waals surface area contributed by atoms with Crippen LogP contribution in [0.5, 0.6) is 11.8 Å². The third kappa shape index (κ3) is 8.38. The Bertz CT molecular complexity index is 2080. The summed E-state index contributed by atoms with van der Waals surface area (Å²) in [4.78, 5) is 57.3. The second-order valence-electron chi connectivity index (χ2n) is 16.4. The van der Waals surface area contributed by atoms with Gasteiger partial charge < -0.3 is 29.7 Å². The first-order chi connectivity index (χ1) is 27.2. The zero-order chi connectivity index (χ0) is 42.4. The third-order valence-corrected chi connectivity index (χ3v) is 13.8. The van der Waals surface area contributed by atoms with Crippen molar-refractivity contribution < 1.29 is 59.4 Å². The van der Waals surface area contributed by atoms with Gasteiger partial charge in [0.05, 0.1) is 24.4 Å². The summed E-state index contributed by atoms with van der Waals surface area (Å²) in [6.07, 6.45) is -2.63. The van der Waals surface area contributed by atoms with E-state index in [4.69, 9.17) is 14.2 Å². The minimum absolute atomic E-state index is 0.00480. The van der Waals surface area contributed by atoms with Gasteiger partial charge in [-0.25, -0.2) is 17.6 Å². The average Bonchev–Trinajstić information content (AvgIpc) is 4.06. The molecule has 20 heteroatoms. The highest BCUT2D eigenvalue weighted by Crippen LogP contribution is 2.48. The predicted molar refractivity (Wildman–Crippen MR) is 199 cm³/mol. The molecule has 3 N–H and O–H groups in total. The fourth-order valence-corrected chi connectivity index (χ4v) is 9.07. The Morgan fingerprint density at radius 1 is 1.05 bits per heavy atom. The Labute approximate surface area is 333 Å². The van der Waals surface area contributed by atoms with E-state index in [0.29, 0.717) is 43.9 Å². The highest BCUT2D eigenvalue weighted by molar-refractivity contribution is 7.91. The van der Waals surface area contributed by atoms with Crippen molar-refractivity contribution in [1.82, 2.24) is 30.5 Å². The molecular weight excluding hydrogens is 793 g/mol. The molecule has 0 spiro atoms. The first-order valence-corrected chi connectivity index (χ1v) is 20.6. The number of alkyl carbamates (subject to hydrolysis) is 1. The number of alkyl halides is 4. The molecule has 58 heavy (non-hydrogen) atoms. The topological polar surface area (TPSA) is 195 Å². The van der Waals surface area contributed by atoms with Gasteiger partial charge in [-0.1, -0.05) is 38.1 Å². The Morgan fingerprint density at radius 2 is 1.71 bits per heavy atom. The number of ether oxygens (including phenoxy) is 3. The molecule has 2 aliphatic heterocycles. The zero-order valence-electron chi connectivity index (χ0n) is 32.7. The SMILES string of the molecule is COc1nnc(OC2CC3C(=O)NC4(C(=O)NS(=O)(=O)C5(CF)CC5)CC4C=CCCC(C)CC(C)C(NC(=O)OC(C)(C)C(F)(F)F)C(=O)N3C2)c2ccccc12. The second kappa shape index (κ2) is 15.8. The van der Waals surface area contributed by atoms with Crippen molar-refractivity contribution in [2.75, 3.05) is 20.3 Å². The number of benzene rings is 1. The number of hydrogen-bond donors (Lipinski definition) is 3. The molecule has 4 aliphatic rings. The van der Waals surface area contributed by atoms with E-state index < -0.39 is 92.6 Å². The summed E-state index contributed by atoms with van der Waals surface area (Å²) < 4.78 is 98.0. The van der Waals surface area contributed by atoms with Crippen molar-refractivity contribution in [3.63, 3.8) is 0 Å². The van der Waals surface area contributed by atoms with Gasteiger partial charge >= 0.3 is 12.3 Å². The molecule has 1 aromatic carbocycles. The molecule has 0 radical (unpaired) electrons. The highest BCUT2D eigenvalue weighted by atomic mass is 32.2. The molecule has 6 rings (SSSR count). The maximum atomic E-state index is 14.7. The van der Waals surface area contributed by atoms with Crippen LogP contribution < -0.4 is 24.8 Å². The zero-order valence-corrected chi connectivity index (χ0v) is 33.5. The van der Waals surface area contributed by atoms with Gasteiger partial charge in [-0.05, 0) is 76.3 Å². The number of fused-ring (bicyclic) bond motifs is 3. The molecule has 0 bridgehead atoms. The van der Waals surface area contributed by atoms with Crippen LogP contribution in [-0.4, -0.2) is 108 Å². The fraction of sp³-hybridized carbons (Fsp3) is 0.632. The summed E-state index contributed by atoms with van der Waals surface area (Å²) in [6.45, 7) is 3.42. The maximum absolute atomic E-state index is 14.7. The molecule has 318 valence electrons. The lowest BCUT2D eigenvalue weighted by atomic mass is 9.88. The summed E-state index contributed by atoms with van der Waals surface area (Å²) in [6, 6.07) is 4.03. The van der Waals surface area contributed by atoms with Gasteiger partial charge in [-0.15, -0.1) is 10.2 Å². The lowest BCUT2D eigenvalue weighted by Gasteiger charge is -2.34. The number of allylic oxidation sites excluding steroid dienone is 1. The van der Waals surface area contributed by atoms with Crippen LogP contribution in [0.2, 0.25) is 0 Å². The third-order valence-electron chi connectivity index (χ3n) is 11.7. The molecule has 1 saturated heterocycles. The molecule has 7 unspecified atom stereocenters. The van der Waals surface area contributed by atoms with Crippen LogP contribution in [0.3, 0.4) is 0 Å². The van der Waals surface area contributed by atoms with Crippen LogP contribution in [0.25, 0.3) is 10.8 Å². The average molecular weight is 841 g/mol. The molecule has 2 aliphatic carbocycles. The molecule has 2 aromatic rings. The number of methoxy groups -OCH3 is 1. The molecule has 3 fully saturated rings. The standard InChI is InChI=1S/C38H48F4N6O9S/c1-21-10-6-7-11-23-18-37(23,33(51)47-58(53,54)36(20-39)14-15-36)44-29(49)27-17-24(56-31-26-13-9-8-12-25(26)30(55-5)45-46-31)19-48(27)32(50)28(22(2)16-21)43-34(52)57-35(3,4)38(40,41)42/h7-9,11-13,21-24,27-28H,6,10,14-20H2,1-5H3,(H,43,52)(H,44,49)(H,47,51). The minimum Gasteiger partial charge on any atom is -0.479 e. The quantitative estimate of drug-likeness (QED) is 0.241. The Hall–Kier alpha value is -4.75. The molecule has 2 saturated carbocycles. The van der Waals surface area contributed by atoms with Crippen molar-refractivity contribution in [3.8, 4) is 11.8 Å². The number of rotatable bonds is 9. The van der Waals surface area contributed by atoms with E-state index in [1.807, 2.05) is 11.6 Å².